The summed E-state index contributed by atoms with van der Waals surface area (Å²) < 4.78 is 0. The van der Waals surface area contributed by atoms with Crippen molar-refractivity contribution in [1.82, 2.24) is 5.32 Å². The maximum absolute atomic E-state index is 13.7. The van der Waals surface area contributed by atoms with Gasteiger partial charge in [0, 0.05) is 37.0 Å². The lowest BCUT2D eigenvalue weighted by Gasteiger charge is -2.32. The highest BCUT2D eigenvalue weighted by Gasteiger charge is 2.33. The van der Waals surface area contributed by atoms with Gasteiger partial charge in [0.2, 0.25) is 5.91 Å². The standard InChI is InChI=1S/C37H41N3O3/c1-39(2)31-21-23-32(24-22-31)40(37(43)30-13-7-4-8-14-30)25-27-17-19-28(20-18-27)33-15-9-10-16-34(33)36(42)38-35(26-41)29-11-5-3-6-12-29/h3-8,11-14,17-24,33-35,41H,9-10,15-16,25-26H2,1-2H3,(H,38,42). The van der Waals surface area contributed by atoms with E-state index < -0.39 is 6.04 Å². The van der Waals surface area contributed by atoms with Crippen LogP contribution in [0.15, 0.2) is 109 Å². The van der Waals surface area contributed by atoms with Crippen LogP contribution in [0.25, 0.3) is 0 Å². The van der Waals surface area contributed by atoms with Crippen LogP contribution in [-0.4, -0.2) is 37.6 Å². The number of anilines is 2. The summed E-state index contributed by atoms with van der Waals surface area (Å²) in [5, 5.41) is 13.1. The average molecular weight is 576 g/mol. The molecular weight excluding hydrogens is 534 g/mol. The van der Waals surface area contributed by atoms with Gasteiger partial charge in [-0.3, -0.25) is 9.59 Å². The van der Waals surface area contributed by atoms with Crippen LogP contribution in [0.2, 0.25) is 0 Å². The Labute approximate surface area is 255 Å². The molecule has 6 heteroatoms. The molecule has 3 atom stereocenters. The second-order valence-electron chi connectivity index (χ2n) is 11.6. The predicted octanol–water partition coefficient (Wildman–Crippen LogP) is 6.72. The molecule has 1 aliphatic carbocycles. The highest BCUT2D eigenvalue weighted by Crippen LogP contribution is 2.38. The Morgan fingerprint density at radius 3 is 2.02 bits per heavy atom. The van der Waals surface area contributed by atoms with Gasteiger partial charge in [0.15, 0.2) is 0 Å². The fraction of sp³-hybridized carbons (Fsp3) is 0.297. The summed E-state index contributed by atoms with van der Waals surface area (Å²) in [7, 11) is 4.00. The van der Waals surface area contributed by atoms with Crippen LogP contribution in [0, 0.1) is 5.92 Å². The Morgan fingerprint density at radius 1 is 0.791 bits per heavy atom. The molecule has 0 bridgehead atoms. The molecule has 0 aromatic heterocycles. The van der Waals surface area contributed by atoms with Crippen molar-refractivity contribution in [2.24, 2.45) is 5.92 Å². The minimum Gasteiger partial charge on any atom is -0.394 e. The molecule has 0 aliphatic heterocycles. The molecule has 1 fully saturated rings. The van der Waals surface area contributed by atoms with Crippen LogP contribution in [0.3, 0.4) is 0 Å². The number of aliphatic hydroxyl groups excluding tert-OH is 1. The van der Waals surface area contributed by atoms with Crippen LogP contribution >= 0.6 is 0 Å². The number of carbonyl (C=O) groups excluding carboxylic acids is 2. The van der Waals surface area contributed by atoms with Gasteiger partial charge >= 0.3 is 0 Å². The molecule has 0 spiro atoms. The van der Waals surface area contributed by atoms with Crippen molar-refractivity contribution in [2.75, 3.05) is 30.5 Å². The largest absolute Gasteiger partial charge is 0.394 e. The molecule has 1 aliphatic rings. The average Bonchev–Trinajstić information content (AvgIpc) is 3.07. The van der Waals surface area contributed by atoms with E-state index in [0.29, 0.717) is 12.1 Å². The van der Waals surface area contributed by atoms with E-state index in [9.17, 15) is 14.7 Å². The number of nitrogens with one attached hydrogen (secondary N) is 1. The van der Waals surface area contributed by atoms with Gasteiger partial charge < -0.3 is 20.2 Å². The van der Waals surface area contributed by atoms with E-state index in [4.69, 9.17) is 0 Å². The Balaban J connectivity index is 1.34. The van der Waals surface area contributed by atoms with Crippen LogP contribution < -0.4 is 15.1 Å². The molecule has 3 unspecified atom stereocenters. The van der Waals surface area contributed by atoms with E-state index in [2.05, 4.69) is 29.6 Å². The van der Waals surface area contributed by atoms with Crippen molar-refractivity contribution in [3.63, 3.8) is 0 Å². The monoisotopic (exact) mass is 575 g/mol. The van der Waals surface area contributed by atoms with E-state index in [1.54, 1.807) is 0 Å². The fourth-order valence-corrected chi connectivity index (χ4v) is 6.04. The summed E-state index contributed by atoms with van der Waals surface area (Å²) in [6, 6.07) is 35.0. The molecule has 5 rings (SSSR count). The van der Waals surface area contributed by atoms with E-state index >= 15 is 0 Å². The van der Waals surface area contributed by atoms with Gasteiger partial charge in [0.25, 0.3) is 5.91 Å². The number of hydrogen-bond donors (Lipinski definition) is 2. The predicted molar refractivity (Wildman–Crippen MR) is 173 cm³/mol. The molecule has 0 heterocycles. The first kappa shape index (κ1) is 30.1. The summed E-state index contributed by atoms with van der Waals surface area (Å²) >= 11 is 0. The first-order valence-electron chi connectivity index (χ1n) is 15.1. The first-order valence-corrected chi connectivity index (χ1v) is 15.1. The number of rotatable bonds is 10. The van der Waals surface area contributed by atoms with Gasteiger partial charge in [-0.15, -0.1) is 0 Å². The Morgan fingerprint density at radius 2 is 1.40 bits per heavy atom. The molecule has 1 saturated carbocycles. The van der Waals surface area contributed by atoms with Crippen molar-refractivity contribution in [3.05, 3.63) is 131 Å². The zero-order valence-electron chi connectivity index (χ0n) is 25.0. The molecule has 222 valence electrons. The number of amides is 2. The van der Waals surface area contributed by atoms with E-state index in [1.807, 2.05) is 109 Å². The fourth-order valence-electron chi connectivity index (χ4n) is 6.04. The zero-order valence-corrected chi connectivity index (χ0v) is 25.0. The van der Waals surface area contributed by atoms with E-state index in [0.717, 1.165) is 53.7 Å². The highest BCUT2D eigenvalue weighted by molar-refractivity contribution is 6.06. The lowest BCUT2D eigenvalue weighted by atomic mass is 9.74. The second kappa shape index (κ2) is 14.2. The Bertz CT molecular complexity index is 1470. The van der Waals surface area contributed by atoms with Gasteiger partial charge in [-0.2, -0.15) is 0 Å². The lowest BCUT2D eigenvalue weighted by Crippen LogP contribution is -2.39. The normalized spacial score (nSPS) is 17.1. The van der Waals surface area contributed by atoms with Crippen molar-refractivity contribution in [1.29, 1.82) is 0 Å². The van der Waals surface area contributed by atoms with Gasteiger partial charge in [-0.25, -0.2) is 0 Å². The molecule has 0 radical (unpaired) electrons. The summed E-state index contributed by atoms with van der Waals surface area (Å²) in [6.45, 7) is 0.289. The van der Waals surface area contributed by atoms with Crippen LogP contribution in [0.4, 0.5) is 11.4 Å². The minimum absolute atomic E-state index is 0.00233. The van der Waals surface area contributed by atoms with Gasteiger partial charge in [0.05, 0.1) is 19.2 Å². The summed E-state index contributed by atoms with van der Waals surface area (Å²) in [5.41, 5.74) is 5.61. The number of carbonyl (C=O) groups is 2. The third-order valence-electron chi connectivity index (χ3n) is 8.50. The third-order valence-corrected chi connectivity index (χ3v) is 8.50. The number of benzene rings is 4. The quantitative estimate of drug-likeness (QED) is 0.220. The molecule has 6 nitrogen and oxygen atoms in total. The lowest BCUT2D eigenvalue weighted by molar-refractivity contribution is -0.127. The number of hydrogen-bond acceptors (Lipinski definition) is 4. The zero-order chi connectivity index (χ0) is 30.2. The summed E-state index contributed by atoms with van der Waals surface area (Å²) in [4.78, 5) is 31.0. The first-order chi connectivity index (χ1) is 20.9. The number of nitrogens with zero attached hydrogens (tertiary/aromatic N) is 2. The molecule has 2 amide bonds. The summed E-state index contributed by atoms with van der Waals surface area (Å²) in [5.74, 6) is -0.0945. The van der Waals surface area contributed by atoms with Crippen molar-refractivity contribution < 1.29 is 14.7 Å². The molecule has 43 heavy (non-hydrogen) atoms. The van der Waals surface area contributed by atoms with Gasteiger partial charge in [0.1, 0.15) is 0 Å². The van der Waals surface area contributed by atoms with Crippen LogP contribution in [-0.2, 0) is 11.3 Å². The minimum atomic E-state index is -0.418. The molecular formula is C37H41N3O3. The maximum Gasteiger partial charge on any atom is 0.258 e. The molecule has 4 aromatic rings. The topological polar surface area (TPSA) is 72.9 Å². The van der Waals surface area contributed by atoms with Gasteiger partial charge in [-0.05, 0) is 71.8 Å². The van der Waals surface area contributed by atoms with Crippen molar-refractivity contribution in [3.8, 4) is 0 Å². The third kappa shape index (κ3) is 7.33. The smallest absolute Gasteiger partial charge is 0.258 e. The van der Waals surface area contributed by atoms with Crippen molar-refractivity contribution in [2.45, 2.75) is 44.2 Å². The van der Waals surface area contributed by atoms with Crippen molar-refractivity contribution >= 4 is 23.2 Å². The maximum atomic E-state index is 13.7. The highest BCUT2D eigenvalue weighted by atomic mass is 16.3. The summed E-state index contributed by atoms with van der Waals surface area (Å²) in [6.07, 6.45) is 3.88. The molecule has 0 saturated heterocycles. The van der Waals surface area contributed by atoms with Gasteiger partial charge in [-0.1, -0.05) is 85.6 Å². The van der Waals surface area contributed by atoms with E-state index in [1.165, 1.54) is 0 Å². The van der Waals surface area contributed by atoms with E-state index in [-0.39, 0.29) is 30.3 Å². The SMILES string of the molecule is CN(C)c1ccc(N(Cc2ccc(C3CCCCC3C(=O)NC(CO)c3ccccc3)cc2)C(=O)c2ccccc2)cc1. The Hall–Kier alpha value is -4.42. The van der Waals surface area contributed by atoms with Crippen LogP contribution in [0.5, 0.6) is 0 Å². The van der Waals surface area contributed by atoms with Crippen LogP contribution in [0.1, 0.15) is 64.7 Å². The molecule has 4 aromatic carbocycles. The molecule has 2 N–H and O–H groups in total. The number of aliphatic hydroxyl groups is 1. The Kier molecular flexibility index (Phi) is 9.90. The second-order valence-corrected chi connectivity index (χ2v) is 11.6.